The van der Waals surface area contributed by atoms with Crippen LogP contribution in [0.4, 0.5) is 0 Å². The lowest BCUT2D eigenvalue weighted by Gasteiger charge is -2.29. The highest BCUT2D eigenvalue weighted by atomic mass is 16.4. The van der Waals surface area contributed by atoms with Crippen LogP contribution in [0.2, 0.25) is 0 Å². The summed E-state index contributed by atoms with van der Waals surface area (Å²) in [6.07, 6.45) is 0.237. The van der Waals surface area contributed by atoms with Crippen LogP contribution in [0.5, 0.6) is 0 Å². The molecule has 4 heteroatoms. The van der Waals surface area contributed by atoms with Crippen LogP contribution in [0.1, 0.15) is 44.9 Å². The number of benzene rings is 1. The van der Waals surface area contributed by atoms with Gasteiger partial charge < -0.3 is 10.2 Å². The fourth-order valence-electron chi connectivity index (χ4n) is 2.17. The van der Waals surface area contributed by atoms with Gasteiger partial charge in [-0.15, -0.1) is 0 Å². The summed E-state index contributed by atoms with van der Waals surface area (Å²) >= 11 is 0. The average Bonchev–Trinajstić information content (AvgIpc) is 2.43. The topological polar surface area (TPSA) is 69.6 Å². The first-order valence-electron chi connectivity index (χ1n) is 7.12. The van der Waals surface area contributed by atoms with E-state index in [1.807, 2.05) is 38.1 Å². The first-order chi connectivity index (χ1) is 9.36. The van der Waals surface area contributed by atoms with E-state index in [1.54, 1.807) is 6.92 Å². The molecular formula is C16H25NO3. The van der Waals surface area contributed by atoms with Gasteiger partial charge in [-0.05, 0) is 30.4 Å². The molecule has 1 rings (SSSR count). The number of rotatable bonds is 7. The van der Waals surface area contributed by atoms with Crippen molar-refractivity contribution in [2.75, 3.05) is 0 Å². The van der Waals surface area contributed by atoms with Crippen molar-refractivity contribution in [3.63, 3.8) is 0 Å². The summed E-state index contributed by atoms with van der Waals surface area (Å²) in [5.74, 6) is -0.790. The predicted octanol–water partition coefficient (Wildman–Crippen LogP) is 2.37. The smallest absolute Gasteiger partial charge is 0.320 e. The molecule has 0 aliphatic heterocycles. The largest absolute Gasteiger partial charge is 0.480 e. The summed E-state index contributed by atoms with van der Waals surface area (Å²) in [6, 6.07) is 6.83. The van der Waals surface area contributed by atoms with E-state index in [4.69, 9.17) is 5.11 Å². The molecule has 3 unspecified atom stereocenters. The highest BCUT2D eigenvalue weighted by Crippen LogP contribution is 2.23. The van der Waals surface area contributed by atoms with Crippen LogP contribution in [0.15, 0.2) is 24.3 Å². The van der Waals surface area contributed by atoms with Gasteiger partial charge in [-0.3, -0.25) is 10.1 Å². The zero-order valence-electron chi connectivity index (χ0n) is 12.6. The van der Waals surface area contributed by atoms with Crippen molar-refractivity contribution in [3.8, 4) is 0 Å². The molecule has 0 aliphatic rings. The van der Waals surface area contributed by atoms with Gasteiger partial charge in [0, 0.05) is 6.04 Å². The molecule has 1 aromatic rings. The van der Waals surface area contributed by atoms with Gasteiger partial charge in [0.15, 0.2) is 0 Å². The summed E-state index contributed by atoms with van der Waals surface area (Å²) in [7, 11) is 0. The van der Waals surface area contributed by atoms with Crippen LogP contribution in [0.25, 0.3) is 0 Å². The van der Waals surface area contributed by atoms with Gasteiger partial charge >= 0.3 is 5.97 Å². The number of carboxylic acids is 1. The van der Waals surface area contributed by atoms with Crippen molar-refractivity contribution >= 4 is 5.97 Å². The first-order valence-corrected chi connectivity index (χ1v) is 7.12. The van der Waals surface area contributed by atoms with E-state index >= 15 is 0 Å². The SMILES string of the molecule is CCc1ccc(C(O)C(NC(C)C(=O)O)C(C)C)cc1. The minimum absolute atomic E-state index is 0.123. The Labute approximate surface area is 120 Å². The molecule has 112 valence electrons. The summed E-state index contributed by atoms with van der Waals surface area (Å²) in [6.45, 7) is 7.61. The van der Waals surface area contributed by atoms with E-state index < -0.39 is 18.1 Å². The molecule has 0 radical (unpaired) electrons. The molecule has 0 aliphatic carbocycles. The first kappa shape index (κ1) is 16.7. The van der Waals surface area contributed by atoms with E-state index in [2.05, 4.69) is 12.2 Å². The predicted molar refractivity (Wildman–Crippen MR) is 79.6 cm³/mol. The van der Waals surface area contributed by atoms with Crippen LogP contribution >= 0.6 is 0 Å². The molecule has 0 bridgehead atoms. The Hall–Kier alpha value is -1.39. The van der Waals surface area contributed by atoms with Crippen LogP contribution in [0, 0.1) is 5.92 Å². The molecule has 0 saturated carbocycles. The molecule has 4 nitrogen and oxygen atoms in total. The fraction of sp³-hybridized carbons (Fsp3) is 0.562. The number of carboxylic acid groups (broad SMARTS) is 1. The fourth-order valence-corrected chi connectivity index (χ4v) is 2.17. The van der Waals surface area contributed by atoms with Crippen molar-refractivity contribution in [1.82, 2.24) is 5.32 Å². The van der Waals surface area contributed by atoms with E-state index in [-0.39, 0.29) is 12.0 Å². The number of aryl methyl sites for hydroxylation is 1. The zero-order valence-corrected chi connectivity index (χ0v) is 12.6. The average molecular weight is 279 g/mol. The Morgan fingerprint density at radius 2 is 1.75 bits per heavy atom. The molecular weight excluding hydrogens is 254 g/mol. The highest BCUT2D eigenvalue weighted by molar-refractivity contribution is 5.72. The van der Waals surface area contributed by atoms with Crippen molar-refractivity contribution in [2.45, 2.75) is 52.3 Å². The van der Waals surface area contributed by atoms with Crippen molar-refractivity contribution in [3.05, 3.63) is 35.4 Å². The van der Waals surface area contributed by atoms with Gasteiger partial charge in [-0.25, -0.2) is 0 Å². The monoisotopic (exact) mass is 279 g/mol. The van der Waals surface area contributed by atoms with Crippen molar-refractivity contribution in [1.29, 1.82) is 0 Å². The van der Waals surface area contributed by atoms with Crippen molar-refractivity contribution in [2.24, 2.45) is 5.92 Å². The molecule has 0 aromatic heterocycles. The van der Waals surface area contributed by atoms with Crippen LogP contribution in [-0.4, -0.2) is 28.3 Å². The number of aliphatic carboxylic acids is 1. The summed E-state index contributed by atoms with van der Waals surface area (Å²) < 4.78 is 0. The molecule has 3 atom stereocenters. The maximum Gasteiger partial charge on any atom is 0.320 e. The molecule has 1 aromatic carbocycles. The van der Waals surface area contributed by atoms with Crippen LogP contribution in [0.3, 0.4) is 0 Å². The Bertz CT molecular complexity index is 428. The van der Waals surface area contributed by atoms with E-state index in [0.29, 0.717) is 0 Å². The number of hydrogen-bond donors (Lipinski definition) is 3. The van der Waals surface area contributed by atoms with Gasteiger partial charge in [0.05, 0.1) is 6.10 Å². The maximum atomic E-state index is 11.0. The van der Waals surface area contributed by atoms with Gasteiger partial charge in [0.25, 0.3) is 0 Å². The molecule has 0 amide bonds. The van der Waals surface area contributed by atoms with Crippen molar-refractivity contribution < 1.29 is 15.0 Å². The van der Waals surface area contributed by atoms with Gasteiger partial charge in [0.2, 0.25) is 0 Å². The molecule has 0 spiro atoms. The Kier molecular flexibility index (Phi) is 6.17. The lowest BCUT2D eigenvalue weighted by Crippen LogP contribution is -2.47. The molecule has 0 saturated heterocycles. The lowest BCUT2D eigenvalue weighted by molar-refractivity contribution is -0.139. The lowest BCUT2D eigenvalue weighted by atomic mass is 9.92. The van der Waals surface area contributed by atoms with E-state index in [0.717, 1.165) is 12.0 Å². The summed E-state index contributed by atoms with van der Waals surface area (Å²) in [5.41, 5.74) is 2.03. The summed E-state index contributed by atoms with van der Waals surface area (Å²) in [4.78, 5) is 11.0. The molecule has 3 N–H and O–H groups in total. The number of aliphatic hydroxyl groups is 1. The second-order valence-corrected chi connectivity index (χ2v) is 5.54. The Balaban J connectivity index is 2.87. The second kappa shape index (κ2) is 7.41. The quantitative estimate of drug-likeness (QED) is 0.716. The van der Waals surface area contributed by atoms with E-state index in [1.165, 1.54) is 5.56 Å². The normalized spacial score (nSPS) is 15.9. The second-order valence-electron chi connectivity index (χ2n) is 5.54. The summed E-state index contributed by atoms with van der Waals surface area (Å²) in [5, 5.41) is 22.5. The minimum atomic E-state index is -0.913. The van der Waals surface area contributed by atoms with E-state index in [9.17, 15) is 9.90 Å². The maximum absolute atomic E-state index is 11.0. The third-order valence-corrected chi connectivity index (χ3v) is 3.60. The minimum Gasteiger partial charge on any atom is -0.480 e. The molecule has 0 heterocycles. The van der Waals surface area contributed by atoms with Gasteiger partial charge in [-0.1, -0.05) is 45.0 Å². The number of aliphatic hydroxyl groups excluding tert-OH is 1. The number of hydrogen-bond acceptors (Lipinski definition) is 3. The van der Waals surface area contributed by atoms with Gasteiger partial charge in [0.1, 0.15) is 6.04 Å². The molecule has 20 heavy (non-hydrogen) atoms. The highest BCUT2D eigenvalue weighted by Gasteiger charge is 2.27. The number of nitrogens with one attached hydrogen (secondary N) is 1. The molecule has 0 fully saturated rings. The third kappa shape index (κ3) is 4.32. The zero-order chi connectivity index (χ0) is 15.3. The van der Waals surface area contributed by atoms with Gasteiger partial charge in [-0.2, -0.15) is 0 Å². The number of carbonyl (C=O) groups is 1. The third-order valence-electron chi connectivity index (χ3n) is 3.60. The Morgan fingerprint density at radius 1 is 1.20 bits per heavy atom. The van der Waals surface area contributed by atoms with Crippen LogP contribution < -0.4 is 5.32 Å². The Morgan fingerprint density at radius 3 is 2.15 bits per heavy atom. The van der Waals surface area contributed by atoms with Crippen LogP contribution in [-0.2, 0) is 11.2 Å². The standard InChI is InChI=1S/C16H25NO3/c1-5-12-6-8-13(9-7-12)15(18)14(10(2)3)17-11(4)16(19)20/h6-11,14-15,17-18H,5H2,1-4H3,(H,19,20).